The van der Waals surface area contributed by atoms with E-state index in [1.165, 1.54) is 4.88 Å². The van der Waals surface area contributed by atoms with Crippen LogP contribution < -0.4 is 4.74 Å². The summed E-state index contributed by atoms with van der Waals surface area (Å²) >= 11 is 7.69. The van der Waals surface area contributed by atoms with Crippen molar-refractivity contribution in [3.05, 3.63) is 63.8 Å². The number of fused-ring (bicyclic) bond motifs is 1. The van der Waals surface area contributed by atoms with Crippen LogP contribution >= 0.6 is 22.9 Å². The summed E-state index contributed by atoms with van der Waals surface area (Å²) in [5, 5.41) is 13.0. The maximum atomic E-state index is 13.3. The van der Waals surface area contributed by atoms with Crippen molar-refractivity contribution >= 4 is 28.8 Å². The number of ether oxygens (including phenoxy) is 2. The van der Waals surface area contributed by atoms with Crippen LogP contribution in [0.4, 0.5) is 0 Å². The van der Waals surface area contributed by atoms with Crippen LogP contribution in [0.3, 0.4) is 0 Å². The lowest BCUT2D eigenvalue weighted by molar-refractivity contribution is -0.136. The van der Waals surface area contributed by atoms with E-state index < -0.39 is 6.10 Å². The van der Waals surface area contributed by atoms with Crippen LogP contribution in [0.5, 0.6) is 5.75 Å². The first-order chi connectivity index (χ1) is 15.5. The first-order valence-electron chi connectivity index (χ1n) is 10.8. The Morgan fingerprint density at radius 2 is 2.19 bits per heavy atom. The lowest BCUT2D eigenvalue weighted by Gasteiger charge is -2.37. The number of benzene rings is 1. The van der Waals surface area contributed by atoms with Crippen LogP contribution in [-0.2, 0) is 16.0 Å². The van der Waals surface area contributed by atoms with E-state index >= 15 is 0 Å². The maximum absolute atomic E-state index is 13.3. The Morgan fingerprint density at radius 1 is 1.41 bits per heavy atom. The molecule has 6 nitrogen and oxygen atoms in total. The first kappa shape index (κ1) is 24.7. The third kappa shape index (κ3) is 6.80. The van der Waals surface area contributed by atoms with E-state index in [2.05, 4.69) is 18.0 Å². The highest BCUT2D eigenvalue weighted by Gasteiger charge is 2.33. The molecule has 32 heavy (non-hydrogen) atoms. The van der Waals surface area contributed by atoms with Crippen molar-refractivity contribution in [1.29, 1.82) is 0 Å². The number of hydrogen-bond acceptors (Lipinski definition) is 6. The highest BCUT2D eigenvalue weighted by atomic mass is 35.5. The zero-order valence-electron chi connectivity index (χ0n) is 18.4. The maximum Gasteiger partial charge on any atom is 0.237 e. The van der Waals surface area contributed by atoms with Gasteiger partial charge in [-0.25, -0.2) is 0 Å². The zero-order valence-corrected chi connectivity index (χ0v) is 20.0. The number of hydrogen-bond donors (Lipinski definition) is 1. The van der Waals surface area contributed by atoms with E-state index in [1.807, 2.05) is 28.9 Å². The van der Waals surface area contributed by atoms with E-state index in [4.69, 9.17) is 21.1 Å². The van der Waals surface area contributed by atoms with Gasteiger partial charge in [0.25, 0.3) is 0 Å². The Kier molecular flexibility index (Phi) is 9.56. The topological polar surface area (TPSA) is 62.2 Å². The molecule has 0 saturated heterocycles. The number of aliphatic hydroxyl groups is 1. The molecule has 1 aromatic carbocycles. The van der Waals surface area contributed by atoms with E-state index in [9.17, 15) is 9.90 Å². The first-order valence-corrected chi connectivity index (χ1v) is 12.1. The van der Waals surface area contributed by atoms with Crippen molar-refractivity contribution < 1.29 is 19.4 Å². The fraction of sp³-hybridized carbons (Fsp3) is 0.458. The molecule has 1 aliphatic rings. The number of rotatable bonds is 12. The molecule has 1 aliphatic heterocycles. The number of carbonyl (C=O) groups is 1. The summed E-state index contributed by atoms with van der Waals surface area (Å²) in [5.41, 5.74) is 1.15. The predicted molar refractivity (Wildman–Crippen MR) is 129 cm³/mol. The number of carbonyl (C=O) groups excluding carboxylic acids is 1. The SMILES string of the molecule is C=CCN(CC(=O)N1CCc2sccc2C1COc1ccc(Cl)cc1)CC(O)COCC. The molecule has 2 aromatic rings. The van der Waals surface area contributed by atoms with E-state index in [1.54, 1.807) is 29.5 Å². The summed E-state index contributed by atoms with van der Waals surface area (Å²) < 4.78 is 11.3. The van der Waals surface area contributed by atoms with Gasteiger partial charge in [-0.1, -0.05) is 17.7 Å². The molecule has 1 aromatic heterocycles. The largest absolute Gasteiger partial charge is 0.491 e. The summed E-state index contributed by atoms with van der Waals surface area (Å²) in [6.07, 6.45) is 1.93. The lowest BCUT2D eigenvalue weighted by Crippen LogP contribution is -2.48. The van der Waals surface area contributed by atoms with Crippen molar-refractivity contribution in [3.63, 3.8) is 0 Å². The Balaban J connectivity index is 1.69. The average Bonchev–Trinajstić information content (AvgIpc) is 3.26. The molecule has 0 aliphatic carbocycles. The number of thiophene rings is 1. The van der Waals surface area contributed by atoms with Crippen LogP contribution in [0.1, 0.15) is 23.4 Å². The van der Waals surface area contributed by atoms with Crippen molar-refractivity contribution in [2.24, 2.45) is 0 Å². The highest BCUT2D eigenvalue weighted by Crippen LogP contribution is 2.34. The molecule has 174 valence electrons. The Morgan fingerprint density at radius 3 is 2.91 bits per heavy atom. The highest BCUT2D eigenvalue weighted by molar-refractivity contribution is 7.10. The predicted octanol–water partition coefficient (Wildman–Crippen LogP) is 3.79. The van der Waals surface area contributed by atoms with Crippen molar-refractivity contribution in [1.82, 2.24) is 9.80 Å². The van der Waals surface area contributed by atoms with Crippen LogP contribution in [0.25, 0.3) is 0 Å². The summed E-state index contributed by atoms with van der Waals surface area (Å²) in [4.78, 5) is 18.4. The van der Waals surface area contributed by atoms with Gasteiger partial charge in [0.15, 0.2) is 0 Å². The third-order valence-electron chi connectivity index (χ3n) is 5.37. The van der Waals surface area contributed by atoms with Gasteiger partial charge in [0.05, 0.1) is 25.3 Å². The van der Waals surface area contributed by atoms with Crippen molar-refractivity contribution in [2.75, 3.05) is 46.0 Å². The minimum Gasteiger partial charge on any atom is -0.491 e. The third-order valence-corrected chi connectivity index (χ3v) is 6.61. The fourth-order valence-corrected chi connectivity index (χ4v) is 4.91. The molecule has 0 saturated carbocycles. The number of halogens is 1. The molecule has 8 heteroatoms. The quantitative estimate of drug-likeness (QED) is 0.470. The smallest absolute Gasteiger partial charge is 0.237 e. The number of aliphatic hydroxyl groups excluding tert-OH is 1. The van der Waals surface area contributed by atoms with E-state index in [-0.39, 0.29) is 25.1 Å². The summed E-state index contributed by atoms with van der Waals surface area (Å²) in [7, 11) is 0. The standard InChI is InChI=1S/C24H31ClN2O4S/c1-3-11-26(14-19(28)16-30-4-2)15-24(29)27-12-9-23-21(10-13-32-23)22(27)17-31-20-7-5-18(25)6-8-20/h3,5-8,10,13,19,22,28H,1,4,9,11-12,14-17H2,2H3. The van der Waals surface area contributed by atoms with Crippen LogP contribution in [-0.4, -0.2) is 72.9 Å². The number of amides is 1. The molecule has 1 amide bonds. The van der Waals surface area contributed by atoms with E-state index in [0.29, 0.717) is 37.9 Å². The normalized spacial score (nSPS) is 16.6. The summed E-state index contributed by atoms with van der Waals surface area (Å²) in [5.74, 6) is 0.730. The van der Waals surface area contributed by atoms with Gasteiger partial charge in [0, 0.05) is 36.1 Å². The van der Waals surface area contributed by atoms with Gasteiger partial charge in [0.2, 0.25) is 5.91 Å². The van der Waals surface area contributed by atoms with Crippen LogP contribution in [0, 0.1) is 0 Å². The molecular weight excluding hydrogens is 448 g/mol. The second kappa shape index (κ2) is 12.4. The minimum atomic E-state index is -0.656. The monoisotopic (exact) mass is 478 g/mol. The molecular formula is C24H31ClN2O4S. The Labute approximate surface area is 199 Å². The summed E-state index contributed by atoms with van der Waals surface area (Å²) in [6.45, 7) is 8.54. The molecule has 3 rings (SSSR count). The minimum absolute atomic E-state index is 0.0111. The van der Waals surface area contributed by atoms with Gasteiger partial charge in [-0.15, -0.1) is 17.9 Å². The molecule has 0 spiro atoms. The van der Waals surface area contributed by atoms with Gasteiger partial charge in [-0.3, -0.25) is 9.69 Å². The Bertz CT molecular complexity index is 873. The summed E-state index contributed by atoms with van der Waals surface area (Å²) in [6, 6.07) is 9.17. The molecule has 0 bridgehead atoms. The molecule has 2 heterocycles. The van der Waals surface area contributed by atoms with Gasteiger partial charge >= 0.3 is 0 Å². The second-order valence-corrected chi connectivity index (χ2v) is 9.15. The molecule has 0 radical (unpaired) electrons. The Hall–Kier alpha value is -1.90. The zero-order chi connectivity index (χ0) is 22.9. The van der Waals surface area contributed by atoms with Gasteiger partial charge in [0.1, 0.15) is 12.4 Å². The second-order valence-electron chi connectivity index (χ2n) is 7.71. The number of nitrogens with zero attached hydrogens (tertiary/aromatic N) is 2. The van der Waals surface area contributed by atoms with Crippen molar-refractivity contribution in [2.45, 2.75) is 25.5 Å². The average molecular weight is 479 g/mol. The van der Waals surface area contributed by atoms with Gasteiger partial charge in [-0.2, -0.15) is 0 Å². The van der Waals surface area contributed by atoms with Gasteiger partial charge in [-0.05, 0) is 54.6 Å². The van der Waals surface area contributed by atoms with Crippen LogP contribution in [0.15, 0.2) is 48.4 Å². The molecule has 0 fully saturated rings. The molecule has 2 unspecified atom stereocenters. The lowest BCUT2D eigenvalue weighted by atomic mass is 10.0. The fourth-order valence-electron chi connectivity index (χ4n) is 3.85. The van der Waals surface area contributed by atoms with Crippen molar-refractivity contribution in [3.8, 4) is 5.75 Å². The van der Waals surface area contributed by atoms with Gasteiger partial charge < -0.3 is 19.5 Å². The molecule has 2 atom stereocenters. The molecule has 1 N–H and O–H groups in total. The van der Waals surface area contributed by atoms with E-state index in [0.717, 1.165) is 17.7 Å². The van der Waals surface area contributed by atoms with Crippen LogP contribution in [0.2, 0.25) is 5.02 Å².